The van der Waals surface area contributed by atoms with Crippen LogP contribution in [0.15, 0.2) is 28.9 Å². The Kier molecular flexibility index (Phi) is 1.04. The molecule has 0 unspecified atom stereocenters. The number of hydrogen-bond donors (Lipinski definition) is 0. The maximum atomic E-state index is 5.19. The standard InChI is InChI=1S/C9H7O/c1-7-6-10-9-5-3-2-4-8(7)9/h2-4,6H,1H3. The molecule has 0 saturated heterocycles. The van der Waals surface area contributed by atoms with Crippen molar-refractivity contribution in [3.05, 3.63) is 36.1 Å². The molecule has 0 bridgehead atoms. The zero-order valence-electron chi connectivity index (χ0n) is 5.72. The van der Waals surface area contributed by atoms with E-state index in [1.54, 1.807) is 6.26 Å². The molecule has 0 N–H and O–H groups in total. The van der Waals surface area contributed by atoms with Gasteiger partial charge in [0.15, 0.2) is 0 Å². The number of hydrogen-bond acceptors (Lipinski definition) is 1. The normalized spacial score (nSPS) is 10.5. The Morgan fingerprint density at radius 2 is 2.40 bits per heavy atom. The van der Waals surface area contributed by atoms with E-state index in [-0.39, 0.29) is 0 Å². The van der Waals surface area contributed by atoms with E-state index in [4.69, 9.17) is 4.42 Å². The first-order chi connectivity index (χ1) is 4.88. The van der Waals surface area contributed by atoms with E-state index in [2.05, 4.69) is 6.07 Å². The van der Waals surface area contributed by atoms with Gasteiger partial charge in [-0.1, -0.05) is 18.2 Å². The van der Waals surface area contributed by atoms with Crippen molar-refractivity contribution >= 4 is 11.0 Å². The zero-order valence-corrected chi connectivity index (χ0v) is 5.72. The molecular formula is C9H7O. The highest BCUT2D eigenvalue weighted by Crippen LogP contribution is 2.18. The van der Waals surface area contributed by atoms with Crippen LogP contribution in [0, 0.1) is 13.0 Å². The van der Waals surface area contributed by atoms with E-state index >= 15 is 0 Å². The molecule has 2 aromatic rings. The van der Waals surface area contributed by atoms with Gasteiger partial charge in [0.1, 0.15) is 5.58 Å². The molecule has 1 aromatic carbocycles. The van der Waals surface area contributed by atoms with Gasteiger partial charge in [0.05, 0.1) is 6.26 Å². The van der Waals surface area contributed by atoms with Gasteiger partial charge < -0.3 is 4.42 Å². The average Bonchev–Trinajstić information content (AvgIpc) is 2.34. The second kappa shape index (κ2) is 1.87. The fourth-order valence-electron chi connectivity index (χ4n) is 1.04. The van der Waals surface area contributed by atoms with E-state index in [0.29, 0.717) is 0 Å². The predicted molar refractivity (Wildman–Crippen MR) is 39.8 cm³/mol. The fraction of sp³-hybridized carbons (Fsp3) is 0.111. The van der Waals surface area contributed by atoms with Crippen LogP contribution in [-0.2, 0) is 0 Å². The highest BCUT2D eigenvalue weighted by molar-refractivity contribution is 5.79. The maximum Gasteiger partial charge on any atom is 0.142 e. The van der Waals surface area contributed by atoms with Crippen LogP contribution >= 0.6 is 0 Å². The van der Waals surface area contributed by atoms with Crippen LogP contribution < -0.4 is 0 Å². The van der Waals surface area contributed by atoms with Crippen molar-refractivity contribution in [1.82, 2.24) is 0 Å². The van der Waals surface area contributed by atoms with Crippen molar-refractivity contribution in [2.45, 2.75) is 6.92 Å². The number of aryl methyl sites for hydroxylation is 1. The molecule has 0 atom stereocenters. The monoisotopic (exact) mass is 131 g/mol. The van der Waals surface area contributed by atoms with Gasteiger partial charge in [0.25, 0.3) is 0 Å². The van der Waals surface area contributed by atoms with Crippen molar-refractivity contribution < 1.29 is 4.42 Å². The minimum atomic E-state index is 0.847. The lowest BCUT2D eigenvalue weighted by molar-refractivity contribution is 0.612. The van der Waals surface area contributed by atoms with Gasteiger partial charge in [0, 0.05) is 11.5 Å². The van der Waals surface area contributed by atoms with Gasteiger partial charge in [-0.2, -0.15) is 0 Å². The molecular weight excluding hydrogens is 124 g/mol. The molecule has 0 aliphatic rings. The summed E-state index contributed by atoms with van der Waals surface area (Å²) in [5.74, 6) is 0. The molecule has 0 aliphatic heterocycles. The lowest BCUT2D eigenvalue weighted by atomic mass is 10.2. The second-order valence-corrected chi connectivity index (χ2v) is 2.33. The topological polar surface area (TPSA) is 13.1 Å². The Bertz CT molecular complexity index is 346. The minimum absolute atomic E-state index is 0.847. The van der Waals surface area contributed by atoms with Crippen molar-refractivity contribution in [3.63, 3.8) is 0 Å². The molecule has 1 nitrogen and oxygen atoms in total. The van der Waals surface area contributed by atoms with E-state index in [9.17, 15) is 0 Å². The third kappa shape index (κ3) is 0.637. The quantitative estimate of drug-likeness (QED) is 0.535. The van der Waals surface area contributed by atoms with Crippen molar-refractivity contribution in [2.24, 2.45) is 0 Å². The van der Waals surface area contributed by atoms with Crippen LogP contribution in [0.1, 0.15) is 5.56 Å². The molecule has 49 valence electrons. The van der Waals surface area contributed by atoms with Crippen molar-refractivity contribution in [1.29, 1.82) is 0 Å². The summed E-state index contributed by atoms with van der Waals surface area (Å²) in [7, 11) is 0. The molecule has 0 aliphatic carbocycles. The third-order valence-corrected chi connectivity index (χ3v) is 1.60. The Morgan fingerprint density at radius 1 is 1.50 bits per heavy atom. The molecule has 1 radical (unpaired) electrons. The van der Waals surface area contributed by atoms with E-state index in [1.807, 2.05) is 25.1 Å². The van der Waals surface area contributed by atoms with Crippen LogP contribution in [0.4, 0.5) is 0 Å². The highest BCUT2D eigenvalue weighted by Gasteiger charge is 1.97. The molecule has 10 heavy (non-hydrogen) atoms. The molecule has 0 spiro atoms. The number of fused-ring (bicyclic) bond motifs is 1. The lowest BCUT2D eigenvalue weighted by Crippen LogP contribution is -1.64. The maximum absolute atomic E-state index is 5.19. The van der Waals surface area contributed by atoms with Crippen molar-refractivity contribution in [2.75, 3.05) is 0 Å². The Labute approximate surface area is 59.3 Å². The minimum Gasteiger partial charge on any atom is -0.463 e. The lowest BCUT2D eigenvalue weighted by Gasteiger charge is -1.84. The first-order valence-electron chi connectivity index (χ1n) is 3.22. The molecule has 0 fully saturated rings. The van der Waals surface area contributed by atoms with Gasteiger partial charge in [-0.05, 0) is 12.5 Å². The van der Waals surface area contributed by atoms with Crippen LogP contribution in [0.2, 0.25) is 0 Å². The fourth-order valence-corrected chi connectivity index (χ4v) is 1.04. The summed E-state index contributed by atoms with van der Waals surface area (Å²) in [6.45, 7) is 2.03. The van der Waals surface area contributed by atoms with Crippen LogP contribution in [0.5, 0.6) is 0 Å². The van der Waals surface area contributed by atoms with E-state index < -0.39 is 0 Å². The number of rotatable bonds is 0. The average molecular weight is 131 g/mol. The van der Waals surface area contributed by atoms with Gasteiger partial charge in [-0.3, -0.25) is 0 Å². The summed E-state index contributed by atoms with van der Waals surface area (Å²) < 4.78 is 5.19. The summed E-state index contributed by atoms with van der Waals surface area (Å²) in [5.41, 5.74) is 2.02. The Morgan fingerprint density at radius 3 is 3.20 bits per heavy atom. The smallest absolute Gasteiger partial charge is 0.142 e. The van der Waals surface area contributed by atoms with Gasteiger partial charge in [-0.15, -0.1) is 0 Å². The van der Waals surface area contributed by atoms with E-state index in [1.165, 1.54) is 5.56 Å². The predicted octanol–water partition coefficient (Wildman–Crippen LogP) is 2.54. The largest absolute Gasteiger partial charge is 0.463 e. The zero-order chi connectivity index (χ0) is 6.97. The second-order valence-electron chi connectivity index (χ2n) is 2.33. The molecule has 1 heteroatoms. The van der Waals surface area contributed by atoms with Crippen molar-refractivity contribution in [3.8, 4) is 0 Å². The summed E-state index contributed by atoms with van der Waals surface area (Å²) in [5, 5.41) is 1.16. The van der Waals surface area contributed by atoms with Crippen LogP contribution in [0.25, 0.3) is 11.0 Å². The summed E-state index contributed by atoms with van der Waals surface area (Å²) in [6, 6.07) is 8.85. The molecule has 0 amide bonds. The van der Waals surface area contributed by atoms with E-state index in [0.717, 1.165) is 11.0 Å². The Balaban J connectivity index is 2.93. The summed E-state index contributed by atoms with van der Waals surface area (Å²) in [4.78, 5) is 0. The van der Waals surface area contributed by atoms with Gasteiger partial charge >= 0.3 is 0 Å². The van der Waals surface area contributed by atoms with Crippen LogP contribution in [-0.4, -0.2) is 0 Å². The Hall–Kier alpha value is -1.24. The number of para-hydroxylation sites is 1. The number of furan rings is 1. The summed E-state index contributed by atoms with van der Waals surface area (Å²) in [6.07, 6.45) is 1.75. The molecule has 0 saturated carbocycles. The van der Waals surface area contributed by atoms with Gasteiger partial charge in [-0.25, -0.2) is 0 Å². The molecule has 2 rings (SSSR count). The highest BCUT2D eigenvalue weighted by atomic mass is 16.3. The molecule has 1 aromatic heterocycles. The van der Waals surface area contributed by atoms with Gasteiger partial charge in [0.2, 0.25) is 0 Å². The summed E-state index contributed by atoms with van der Waals surface area (Å²) >= 11 is 0. The molecule has 1 heterocycles. The third-order valence-electron chi connectivity index (χ3n) is 1.60. The van der Waals surface area contributed by atoms with Crippen LogP contribution in [0.3, 0.4) is 0 Å². The SMILES string of the molecule is Cc1coc2[c]cccc12. The first kappa shape index (κ1) is 5.54. The first-order valence-corrected chi connectivity index (χ1v) is 3.22. The number of benzene rings is 1.